The number of rotatable bonds is 8. The molecule has 14 heteroatoms. The zero-order valence-corrected chi connectivity index (χ0v) is 32.6. The van der Waals surface area contributed by atoms with E-state index in [1.54, 1.807) is 20.8 Å². The summed E-state index contributed by atoms with van der Waals surface area (Å²) in [5.74, 6) is -3.16. The van der Waals surface area contributed by atoms with Crippen LogP contribution >= 0.6 is 0 Å². The van der Waals surface area contributed by atoms with Gasteiger partial charge in [-0.15, -0.1) is 0 Å². The fraction of sp³-hybridized carbons (Fsp3) is 0.615. The van der Waals surface area contributed by atoms with Gasteiger partial charge in [-0.1, -0.05) is 51.0 Å². The third-order valence-electron chi connectivity index (χ3n) is 9.39. The molecule has 2 heterocycles. The molecule has 53 heavy (non-hydrogen) atoms. The molecule has 0 saturated carbocycles. The van der Waals surface area contributed by atoms with E-state index in [0.29, 0.717) is 24.0 Å². The van der Waals surface area contributed by atoms with Crippen LogP contribution in [0.4, 0.5) is 0 Å². The van der Waals surface area contributed by atoms with E-state index in [4.69, 9.17) is 29.9 Å². The van der Waals surface area contributed by atoms with Crippen molar-refractivity contribution in [1.82, 2.24) is 0 Å². The lowest BCUT2D eigenvalue weighted by atomic mass is 9.70. The molecule has 0 radical (unpaired) electrons. The van der Waals surface area contributed by atoms with E-state index in [0.717, 1.165) is 16.7 Å². The Hall–Kier alpha value is -3.79. The van der Waals surface area contributed by atoms with Crippen molar-refractivity contribution in [3.8, 4) is 0 Å². The second-order valence-electron chi connectivity index (χ2n) is 15.6. The number of ketones is 2. The number of carbonyl (C=O) groups is 3. The lowest BCUT2D eigenvalue weighted by Gasteiger charge is -2.37. The molecular weight excluding hydrogens is 692 g/mol. The van der Waals surface area contributed by atoms with Gasteiger partial charge in [0.05, 0.1) is 13.2 Å². The predicted molar refractivity (Wildman–Crippen MR) is 194 cm³/mol. The molecule has 0 amide bonds. The van der Waals surface area contributed by atoms with Crippen molar-refractivity contribution in [1.29, 1.82) is 0 Å². The van der Waals surface area contributed by atoms with Crippen LogP contribution in [0.1, 0.15) is 89.0 Å². The maximum atomic E-state index is 12.9. The SMILES string of the molecule is CC(C)=CC1=C(C)C(=O)C(O)CC1(C)C.CC(C)=CC1=C(C)C(=O)C(OC2=C(O)C(C)O[C@@H]2[C@@H](O)CO)CC1(C)C.O=C1O[C@H]([C@@H](O)CO)C(O)=C1O. The summed E-state index contributed by atoms with van der Waals surface area (Å²) in [6.45, 7) is 20.3. The fourth-order valence-electron chi connectivity index (χ4n) is 6.56. The van der Waals surface area contributed by atoms with Gasteiger partial charge in [-0.3, -0.25) is 9.59 Å². The van der Waals surface area contributed by atoms with Gasteiger partial charge < -0.3 is 55.1 Å². The van der Waals surface area contributed by atoms with E-state index in [1.807, 2.05) is 33.8 Å². The Labute approximate surface area is 311 Å². The molecular formula is C39H58O14. The molecule has 4 aliphatic rings. The highest BCUT2D eigenvalue weighted by Crippen LogP contribution is 2.43. The number of aliphatic hydroxyl groups excluding tert-OH is 8. The van der Waals surface area contributed by atoms with Gasteiger partial charge in [0.15, 0.2) is 41.1 Å². The lowest BCUT2D eigenvalue weighted by molar-refractivity contribution is -0.147. The summed E-state index contributed by atoms with van der Waals surface area (Å²) in [6.07, 6.45) is -2.23. The molecule has 0 aromatic carbocycles. The predicted octanol–water partition coefficient (Wildman–Crippen LogP) is 3.79. The van der Waals surface area contributed by atoms with Gasteiger partial charge >= 0.3 is 5.97 Å². The Morgan fingerprint density at radius 3 is 1.68 bits per heavy atom. The van der Waals surface area contributed by atoms with Crippen LogP contribution in [0.2, 0.25) is 0 Å². The van der Waals surface area contributed by atoms with E-state index in [-0.39, 0.29) is 33.9 Å². The van der Waals surface area contributed by atoms with Gasteiger partial charge in [-0.25, -0.2) is 4.79 Å². The molecule has 298 valence electrons. The first kappa shape index (κ1) is 45.4. The van der Waals surface area contributed by atoms with Crippen molar-refractivity contribution in [2.45, 2.75) is 132 Å². The largest absolute Gasteiger partial charge is 0.506 e. The molecule has 4 rings (SSSR count). The molecule has 14 nitrogen and oxygen atoms in total. The van der Waals surface area contributed by atoms with Gasteiger partial charge in [0.2, 0.25) is 5.76 Å². The van der Waals surface area contributed by atoms with Gasteiger partial charge in [0, 0.05) is 6.42 Å². The summed E-state index contributed by atoms with van der Waals surface area (Å²) in [4.78, 5) is 35.1. The van der Waals surface area contributed by atoms with Crippen LogP contribution < -0.4 is 0 Å². The van der Waals surface area contributed by atoms with Crippen molar-refractivity contribution in [2.75, 3.05) is 13.2 Å². The van der Waals surface area contributed by atoms with E-state index >= 15 is 0 Å². The van der Waals surface area contributed by atoms with E-state index in [1.165, 1.54) is 5.57 Å². The van der Waals surface area contributed by atoms with Crippen molar-refractivity contribution >= 4 is 17.5 Å². The number of hydrogen-bond donors (Lipinski definition) is 8. The van der Waals surface area contributed by atoms with Gasteiger partial charge in [-0.2, -0.15) is 0 Å². The maximum Gasteiger partial charge on any atom is 0.377 e. The van der Waals surface area contributed by atoms with Crippen molar-refractivity contribution in [2.24, 2.45) is 10.8 Å². The molecule has 8 N–H and O–H groups in total. The summed E-state index contributed by atoms with van der Waals surface area (Å²) in [5, 5.41) is 74.1. The number of hydrogen-bond acceptors (Lipinski definition) is 14. The Morgan fingerprint density at radius 1 is 0.792 bits per heavy atom. The highest BCUT2D eigenvalue weighted by Gasteiger charge is 2.44. The van der Waals surface area contributed by atoms with E-state index < -0.39 is 73.4 Å². The zero-order valence-electron chi connectivity index (χ0n) is 32.6. The molecule has 2 aliphatic carbocycles. The molecule has 0 fully saturated rings. The molecule has 7 atom stereocenters. The third-order valence-corrected chi connectivity index (χ3v) is 9.39. The molecule has 0 aromatic heterocycles. The topological polar surface area (TPSA) is 241 Å². The van der Waals surface area contributed by atoms with Crippen LogP contribution in [-0.2, 0) is 28.6 Å². The van der Waals surface area contributed by atoms with Crippen LogP contribution in [0.5, 0.6) is 0 Å². The number of cyclic esters (lactones) is 1. The minimum absolute atomic E-state index is 0.0339. The van der Waals surface area contributed by atoms with Gasteiger partial charge in [0.25, 0.3) is 0 Å². The Balaban J connectivity index is 0.000000304. The highest BCUT2D eigenvalue weighted by molar-refractivity contribution is 6.01. The first-order valence-electron chi connectivity index (χ1n) is 17.5. The number of aliphatic hydroxyl groups is 8. The van der Waals surface area contributed by atoms with E-state index in [9.17, 15) is 34.8 Å². The molecule has 3 unspecified atom stereocenters. The standard InChI is InChI=1S/C20H30O6.C13H20O2.C6H8O6/c1-10(2)7-13-11(3)16(23)15(8-20(13,5)6)26-19-17(24)12(4)25-18(19)14(22)9-21;1-8(2)6-10-9(3)12(15)11(14)7-13(10,4)5;7-1-2(8)5-3(9)4(10)6(11)12-5/h7,12,14-15,18,21-22,24H,8-9H2,1-6H3;6,11,14H,7H2,1-5H3;2,5,7-10H,1H2/t12?,14-,15?,18+;;2-,5+/m0.0/s1. The summed E-state index contributed by atoms with van der Waals surface area (Å²) < 4.78 is 15.7. The monoisotopic (exact) mass is 750 g/mol. The second kappa shape index (κ2) is 18.0. The van der Waals surface area contributed by atoms with Gasteiger partial charge in [-0.05, 0) is 88.0 Å². The molecule has 0 saturated heterocycles. The third kappa shape index (κ3) is 10.7. The Bertz CT molecular complexity index is 1600. The molecule has 0 bridgehead atoms. The summed E-state index contributed by atoms with van der Waals surface area (Å²) in [5.41, 5.74) is 5.30. The number of carbonyl (C=O) groups excluding carboxylic acids is 3. The van der Waals surface area contributed by atoms with Crippen molar-refractivity contribution in [3.05, 3.63) is 68.6 Å². The number of esters is 1. The average molecular weight is 751 g/mol. The smallest absolute Gasteiger partial charge is 0.377 e. The second-order valence-corrected chi connectivity index (χ2v) is 15.6. The minimum Gasteiger partial charge on any atom is -0.506 e. The molecule has 2 aliphatic heterocycles. The fourth-order valence-corrected chi connectivity index (χ4v) is 6.56. The summed E-state index contributed by atoms with van der Waals surface area (Å²) in [6, 6.07) is 0. The first-order valence-corrected chi connectivity index (χ1v) is 17.5. The maximum absolute atomic E-state index is 12.9. The first-order chi connectivity index (χ1) is 24.3. The van der Waals surface area contributed by atoms with E-state index in [2.05, 4.69) is 38.5 Å². The Morgan fingerprint density at radius 2 is 1.25 bits per heavy atom. The van der Waals surface area contributed by atoms with Crippen LogP contribution in [-0.4, -0.2) is 114 Å². The van der Waals surface area contributed by atoms with Gasteiger partial charge in [0.1, 0.15) is 30.5 Å². The highest BCUT2D eigenvalue weighted by atomic mass is 16.6. The minimum atomic E-state index is -1.42. The molecule has 0 aromatic rings. The van der Waals surface area contributed by atoms with Crippen molar-refractivity contribution in [3.63, 3.8) is 0 Å². The lowest BCUT2D eigenvalue weighted by Crippen LogP contribution is -2.40. The van der Waals surface area contributed by atoms with Crippen molar-refractivity contribution < 1.29 is 69.4 Å². The quantitative estimate of drug-likeness (QED) is 0.165. The molecule has 0 spiro atoms. The zero-order chi connectivity index (χ0) is 40.9. The number of allylic oxidation sites excluding steroid dienone is 6. The average Bonchev–Trinajstić information content (AvgIpc) is 3.50. The van der Waals surface area contributed by atoms with Crippen LogP contribution in [0.25, 0.3) is 0 Å². The number of ether oxygens (including phenoxy) is 3. The summed E-state index contributed by atoms with van der Waals surface area (Å²) in [7, 11) is 0. The number of Topliss-reactive ketones (excluding diaryl/α,β-unsaturated/α-hetero) is 2. The Kier molecular flexibility index (Phi) is 15.4. The van der Waals surface area contributed by atoms with Crippen LogP contribution in [0.15, 0.2) is 68.6 Å². The van der Waals surface area contributed by atoms with Crippen LogP contribution in [0.3, 0.4) is 0 Å². The summed E-state index contributed by atoms with van der Waals surface area (Å²) >= 11 is 0. The normalized spacial score (nSPS) is 27.7. The van der Waals surface area contributed by atoms with Crippen LogP contribution in [0, 0.1) is 10.8 Å².